The van der Waals surface area contributed by atoms with Crippen LogP contribution in [0.25, 0.3) is 0 Å². The normalized spacial score (nSPS) is 23.5. The highest BCUT2D eigenvalue weighted by Crippen LogP contribution is 2.32. The molecule has 19 heavy (non-hydrogen) atoms. The van der Waals surface area contributed by atoms with Crippen molar-refractivity contribution in [2.24, 2.45) is 0 Å². The fourth-order valence-electron chi connectivity index (χ4n) is 2.80. The zero-order chi connectivity index (χ0) is 14.2. The van der Waals surface area contributed by atoms with Gasteiger partial charge in [0.2, 0.25) is 0 Å². The fourth-order valence-corrected chi connectivity index (χ4v) is 4.19. The second kappa shape index (κ2) is 5.04. The molecule has 0 saturated heterocycles. The molecule has 106 valence electrons. The Morgan fingerprint density at radius 1 is 1.26 bits per heavy atom. The van der Waals surface area contributed by atoms with Crippen LogP contribution < -0.4 is 5.32 Å². The first-order chi connectivity index (χ1) is 8.80. The fraction of sp³-hybridized carbons (Fsp3) is 0.571. The van der Waals surface area contributed by atoms with Crippen molar-refractivity contribution >= 4 is 15.5 Å². The number of benzene rings is 1. The number of anilines is 1. The molecule has 1 aliphatic carbocycles. The van der Waals surface area contributed by atoms with E-state index < -0.39 is 9.84 Å². The van der Waals surface area contributed by atoms with E-state index in [4.69, 9.17) is 0 Å². The zero-order valence-electron chi connectivity index (χ0n) is 11.6. The molecule has 2 unspecified atom stereocenters. The van der Waals surface area contributed by atoms with Gasteiger partial charge in [-0.3, -0.25) is 0 Å². The van der Waals surface area contributed by atoms with Gasteiger partial charge in [0.05, 0.1) is 5.25 Å². The third-order valence-electron chi connectivity index (χ3n) is 3.98. The summed E-state index contributed by atoms with van der Waals surface area (Å²) < 4.78 is 23.5. The highest BCUT2D eigenvalue weighted by Gasteiger charge is 2.34. The lowest BCUT2D eigenvalue weighted by Gasteiger charge is -2.22. The van der Waals surface area contributed by atoms with Gasteiger partial charge in [-0.15, -0.1) is 0 Å². The van der Waals surface area contributed by atoms with Crippen molar-refractivity contribution in [2.75, 3.05) is 11.6 Å². The van der Waals surface area contributed by atoms with Crippen LogP contribution in [0.15, 0.2) is 12.1 Å². The summed E-state index contributed by atoms with van der Waals surface area (Å²) in [6.45, 7) is 3.69. The molecule has 1 fully saturated rings. The summed E-state index contributed by atoms with van der Waals surface area (Å²) in [5, 5.41) is 12.9. The Kier molecular flexibility index (Phi) is 3.76. The van der Waals surface area contributed by atoms with Gasteiger partial charge in [0.15, 0.2) is 9.84 Å². The first kappa shape index (κ1) is 14.2. The predicted molar refractivity (Wildman–Crippen MR) is 77.5 cm³/mol. The molecule has 0 aromatic heterocycles. The van der Waals surface area contributed by atoms with E-state index in [1.165, 1.54) is 6.26 Å². The summed E-state index contributed by atoms with van der Waals surface area (Å²) in [5.74, 6) is 0.277. The predicted octanol–water partition coefficient (Wildman–Crippen LogP) is 2.39. The Morgan fingerprint density at radius 3 is 2.58 bits per heavy atom. The van der Waals surface area contributed by atoms with Gasteiger partial charge in [0, 0.05) is 23.5 Å². The molecule has 5 heteroatoms. The van der Waals surface area contributed by atoms with Crippen LogP contribution in [0.1, 0.15) is 30.4 Å². The number of rotatable bonds is 3. The maximum atomic E-state index is 11.8. The lowest BCUT2D eigenvalue weighted by Crippen LogP contribution is -2.34. The van der Waals surface area contributed by atoms with Gasteiger partial charge >= 0.3 is 0 Å². The van der Waals surface area contributed by atoms with Crippen LogP contribution in [-0.4, -0.2) is 31.1 Å². The Bertz CT molecular complexity index is 581. The molecule has 1 aromatic carbocycles. The van der Waals surface area contributed by atoms with E-state index in [2.05, 4.69) is 5.32 Å². The van der Waals surface area contributed by atoms with Crippen LogP contribution >= 0.6 is 0 Å². The third kappa shape index (κ3) is 2.86. The summed E-state index contributed by atoms with van der Waals surface area (Å²) in [6, 6.07) is 3.69. The molecular weight excluding hydrogens is 262 g/mol. The van der Waals surface area contributed by atoms with Crippen molar-refractivity contribution < 1.29 is 13.5 Å². The van der Waals surface area contributed by atoms with Crippen LogP contribution in [-0.2, 0) is 9.84 Å². The summed E-state index contributed by atoms with van der Waals surface area (Å²) in [5.41, 5.74) is 2.43. The number of hydrogen-bond donors (Lipinski definition) is 2. The summed E-state index contributed by atoms with van der Waals surface area (Å²) in [6.07, 6.45) is 3.79. The topological polar surface area (TPSA) is 66.4 Å². The molecule has 1 saturated carbocycles. The monoisotopic (exact) mass is 283 g/mol. The first-order valence-corrected chi connectivity index (χ1v) is 8.50. The van der Waals surface area contributed by atoms with E-state index in [-0.39, 0.29) is 17.0 Å². The Hall–Kier alpha value is -1.23. The van der Waals surface area contributed by atoms with Crippen LogP contribution in [0.5, 0.6) is 5.75 Å². The maximum Gasteiger partial charge on any atom is 0.152 e. The first-order valence-electron chi connectivity index (χ1n) is 6.55. The lowest BCUT2D eigenvalue weighted by atomic mass is 10.1. The number of hydrogen-bond acceptors (Lipinski definition) is 4. The maximum absolute atomic E-state index is 11.8. The number of aromatic hydroxyl groups is 1. The molecule has 0 radical (unpaired) electrons. The Labute approximate surface area is 114 Å². The van der Waals surface area contributed by atoms with E-state index in [0.29, 0.717) is 6.42 Å². The zero-order valence-corrected chi connectivity index (χ0v) is 12.4. The molecule has 0 bridgehead atoms. The molecule has 0 aliphatic heterocycles. The number of phenols is 1. The van der Waals surface area contributed by atoms with E-state index in [1.54, 1.807) is 0 Å². The average molecular weight is 283 g/mol. The van der Waals surface area contributed by atoms with E-state index in [9.17, 15) is 13.5 Å². The van der Waals surface area contributed by atoms with Crippen LogP contribution in [0.2, 0.25) is 0 Å². The average Bonchev–Trinajstić information content (AvgIpc) is 2.78. The minimum atomic E-state index is -3.03. The molecule has 4 nitrogen and oxygen atoms in total. The second-order valence-electron chi connectivity index (χ2n) is 5.45. The minimum absolute atomic E-state index is 0.0594. The van der Waals surface area contributed by atoms with Gasteiger partial charge in [-0.1, -0.05) is 6.07 Å². The molecule has 2 rings (SSSR count). The largest absolute Gasteiger partial charge is 0.507 e. The van der Waals surface area contributed by atoms with Crippen LogP contribution in [0, 0.1) is 13.8 Å². The molecule has 0 heterocycles. The Balaban J connectivity index is 2.24. The SMILES string of the molecule is Cc1ccc(NC2CCCC2S(C)(=O)=O)c(C)c1O. The molecule has 0 spiro atoms. The third-order valence-corrected chi connectivity index (χ3v) is 5.64. The van der Waals surface area contributed by atoms with E-state index >= 15 is 0 Å². The molecule has 1 aromatic rings. The van der Waals surface area contributed by atoms with Gasteiger partial charge < -0.3 is 10.4 Å². The van der Waals surface area contributed by atoms with Crippen molar-refractivity contribution in [3.05, 3.63) is 23.3 Å². The summed E-state index contributed by atoms with van der Waals surface area (Å²) >= 11 is 0. The van der Waals surface area contributed by atoms with Gasteiger partial charge in [0.25, 0.3) is 0 Å². The van der Waals surface area contributed by atoms with Crippen molar-refractivity contribution in [1.29, 1.82) is 0 Å². The van der Waals surface area contributed by atoms with Gasteiger partial charge in [-0.05, 0) is 44.7 Å². The highest BCUT2D eigenvalue weighted by molar-refractivity contribution is 7.91. The Morgan fingerprint density at radius 2 is 1.95 bits per heavy atom. The van der Waals surface area contributed by atoms with Crippen molar-refractivity contribution in [1.82, 2.24) is 0 Å². The van der Waals surface area contributed by atoms with Crippen molar-refractivity contribution in [2.45, 2.75) is 44.4 Å². The number of sulfone groups is 1. The quantitative estimate of drug-likeness (QED) is 0.894. The molecule has 2 N–H and O–H groups in total. The molecule has 0 amide bonds. The molecule has 2 atom stereocenters. The highest BCUT2D eigenvalue weighted by atomic mass is 32.2. The van der Waals surface area contributed by atoms with Gasteiger partial charge in [-0.25, -0.2) is 8.42 Å². The van der Waals surface area contributed by atoms with Crippen molar-refractivity contribution in [3.63, 3.8) is 0 Å². The number of nitrogens with one attached hydrogen (secondary N) is 1. The van der Waals surface area contributed by atoms with Crippen LogP contribution in [0.4, 0.5) is 5.69 Å². The van der Waals surface area contributed by atoms with Crippen LogP contribution in [0.3, 0.4) is 0 Å². The summed E-state index contributed by atoms with van der Waals surface area (Å²) in [7, 11) is -3.03. The van der Waals surface area contributed by atoms with Gasteiger partial charge in [-0.2, -0.15) is 0 Å². The summed E-state index contributed by atoms with van der Waals surface area (Å²) in [4.78, 5) is 0. The number of aryl methyl sites for hydroxylation is 1. The minimum Gasteiger partial charge on any atom is -0.507 e. The standard InChI is InChI=1S/C14H21NO3S/c1-9-7-8-11(10(2)14(9)16)15-12-5-4-6-13(12)19(3,17)18/h7-8,12-13,15-16H,4-6H2,1-3H3. The molecular formula is C14H21NO3S. The second-order valence-corrected chi connectivity index (χ2v) is 7.72. The number of phenolic OH excluding ortho intramolecular Hbond substituents is 1. The van der Waals surface area contributed by atoms with E-state index in [1.807, 2.05) is 26.0 Å². The lowest BCUT2D eigenvalue weighted by molar-refractivity contribution is 0.467. The molecule has 1 aliphatic rings. The van der Waals surface area contributed by atoms with E-state index in [0.717, 1.165) is 29.7 Å². The van der Waals surface area contributed by atoms with Gasteiger partial charge in [0.1, 0.15) is 5.75 Å². The van der Waals surface area contributed by atoms with Crippen molar-refractivity contribution in [3.8, 4) is 5.75 Å². The smallest absolute Gasteiger partial charge is 0.152 e.